The number of anilines is 2. The molecule has 3 aromatic carbocycles. The molecule has 0 aliphatic carbocycles. The molecule has 0 fully saturated rings. The van der Waals surface area contributed by atoms with Crippen molar-refractivity contribution in [1.82, 2.24) is 0 Å². The highest BCUT2D eigenvalue weighted by Gasteiger charge is 2.32. The lowest BCUT2D eigenvalue weighted by atomic mass is 10.1. The van der Waals surface area contributed by atoms with Gasteiger partial charge in [-0.1, -0.05) is 24.3 Å². The quantitative estimate of drug-likeness (QED) is 0.411. The second kappa shape index (κ2) is 8.10. The monoisotopic (exact) mass is 475 g/mol. The number of ether oxygens (including phenoxy) is 1. The maximum atomic E-state index is 14.0. The number of sulfonamides is 1. The third kappa shape index (κ3) is 3.59. The van der Waals surface area contributed by atoms with E-state index in [-0.39, 0.29) is 18.0 Å². The molecule has 0 spiro atoms. The molecule has 0 saturated carbocycles. The third-order valence-electron chi connectivity index (χ3n) is 5.69. The topological polar surface area (TPSA) is 73.6 Å². The normalized spacial score (nSPS) is 13.3. The number of nitriles is 1. The van der Waals surface area contributed by atoms with Crippen LogP contribution in [0.2, 0.25) is 0 Å². The zero-order chi connectivity index (χ0) is 23.2. The summed E-state index contributed by atoms with van der Waals surface area (Å²) in [4.78, 5) is 3.75. The first-order valence-corrected chi connectivity index (χ1v) is 12.6. The Bertz CT molecular complexity index is 1520. The van der Waals surface area contributed by atoms with Gasteiger partial charge in [-0.05, 0) is 48.0 Å². The summed E-state index contributed by atoms with van der Waals surface area (Å²) in [5, 5.41) is 10.7. The first kappa shape index (κ1) is 21.3. The number of thiophene rings is 1. The zero-order valence-electron chi connectivity index (χ0n) is 18.1. The Kier molecular flexibility index (Phi) is 5.23. The number of hydrogen-bond donors (Lipinski definition) is 0. The van der Waals surface area contributed by atoms with Crippen LogP contribution < -0.4 is 13.9 Å². The van der Waals surface area contributed by atoms with Gasteiger partial charge < -0.3 is 9.64 Å². The average Bonchev–Trinajstić information content (AvgIpc) is 3.32. The van der Waals surface area contributed by atoms with Gasteiger partial charge >= 0.3 is 0 Å². The molecule has 0 N–H and O–H groups in total. The van der Waals surface area contributed by atoms with Crippen LogP contribution in [0.4, 0.5) is 11.4 Å². The Morgan fingerprint density at radius 2 is 1.82 bits per heavy atom. The molecule has 0 amide bonds. The Morgan fingerprint density at radius 3 is 2.58 bits per heavy atom. The van der Waals surface area contributed by atoms with E-state index in [1.165, 1.54) is 15.6 Å². The van der Waals surface area contributed by atoms with Crippen LogP contribution in [0.5, 0.6) is 5.75 Å². The lowest BCUT2D eigenvalue weighted by Gasteiger charge is -2.31. The molecule has 8 heteroatoms. The van der Waals surface area contributed by atoms with Crippen LogP contribution in [-0.2, 0) is 10.0 Å². The molecule has 0 bridgehead atoms. The Morgan fingerprint density at radius 1 is 1.03 bits per heavy atom. The number of nitrogens with zero attached hydrogens (tertiary/aromatic N) is 3. The fraction of sp³-hybridized carbons (Fsp3) is 0.160. The van der Waals surface area contributed by atoms with Gasteiger partial charge in [-0.25, -0.2) is 8.42 Å². The van der Waals surface area contributed by atoms with E-state index in [1.54, 1.807) is 24.3 Å². The first-order valence-electron chi connectivity index (χ1n) is 10.4. The van der Waals surface area contributed by atoms with E-state index in [1.807, 2.05) is 61.5 Å². The molecule has 0 unspecified atom stereocenters. The van der Waals surface area contributed by atoms with Crippen molar-refractivity contribution in [2.45, 2.75) is 4.90 Å². The Labute approximate surface area is 196 Å². The van der Waals surface area contributed by atoms with Crippen molar-refractivity contribution in [3.8, 4) is 22.3 Å². The van der Waals surface area contributed by atoms with Crippen molar-refractivity contribution in [1.29, 1.82) is 5.26 Å². The van der Waals surface area contributed by atoms with Crippen LogP contribution >= 0.6 is 11.3 Å². The maximum Gasteiger partial charge on any atom is 0.265 e. The molecule has 1 aliphatic rings. The number of hydrogen-bond acceptors (Lipinski definition) is 6. The fourth-order valence-electron chi connectivity index (χ4n) is 4.15. The summed E-state index contributed by atoms with van der Waals surface area (Å²) in [6.07, 6.45) is 0. The van der Waals surface area contributed by atoms with Gasteiger partial charge in [0.25, 0.3) is 10.0 Å². The SMILES string of the molecule is CN(C)c1cccc2c(S(=O)(=O)N3CCOc4ccc(-c5ccc(C#N)s5)cc43)cccc12. The molecule has 1 aromatic heterocycles. The minimum atomic E-state index is -3.86. The summed E-state index contributed by atoms with van der Waals surface area (Å²) in [6, 6.07) is 22.4. The first-order chi connectivity index (χ1) is 15.9. The van der Waals surface area contributed by atoms with E-state index >= 15 is 0 Å². The molecule has 6 nitrogen and oxygen atoms in total. The summed E-state index contributed by atoms with van der Waals surface area (Å²) in [5.41, 5.74) is 2.31. The lowest BCUT2D eigenvalue weighted by molar-refractivity contribution is 0.316. The van der Waals surface area contributed by atoms with Crippen molar-refractivity contribution in [3.05, 3.63) is 71.6 Å². The van der Waals surface area contributed by atoms with Crippen LogP contribution in [-0.4, -0.2) is 35.7 Å². The molecule has 0 saturated heterocycles. The van der Waals surface area contributed by atoms with E-state index in [4.69, 9.17) is 10.00 Å². The summed E-state index contributed by atoms with van der Waals surface area (Å²) in [5.74, 6) is 0.528. The van der Waals surface area contributed by atoms with Gasteiger partial charge in [-0.15, -0.1) is 11.3 Å². The lowest BCUT2D eigenvalue weighted by Crippen LogP contribution is -2.38. The molecule has 1 aliphatic heterocycles. The van der Waals surface area contributed by atoms with Gasteiger partial charge in [0.2, 0.25) is 0 Å². The third-order valence-corrected chi connectivity index (χ3v) is 8.60. The number of benzene rings is 3. The minimum Gasteiger partial charge on any atom is -0.489 e. The molecule has 2 heterocycles. The highest BCUT2D eigenvalue weighted by atomic mass is 32.2. The van der Waals surface area contributed by atoms with E-state index in [9.17, 15) is 8.42 Å². The van der Waals surface area contributed by atoms with Crippen molar-refractivity contribution in [2.24, 2.45) is 0 Å². The predicted octanol–water partition coefficient (Wildman–Crippen LogP) is 5.09. The number of fused-ring (bicyclic) bond motifs is 2. The van der Waals surface area contributed by atoms with E-state index in [2.05, 4.69) is 6.07 Å². The Balaban J connectivity index is 1.65. The molecular weight excluding hydrogens is 454 g/mol. The van der Waals surface area contributed by atoms with Crippen LogP contribution in [0, 0.1) is 11.3 Å². The average molecular weight is 476 g/mol. The molecule has 5 rings (SSSR count). The molecule has 166 valence electrons. The molecule has 33 heavy (non-hydrogen) atoms. The summed E-state index contributed by atoms with van der Waals surface area (Å²) in [6.45, 7) is 0.493. The second-order valence-corrected chi connectivity index (χ2v) is 10.8. The standard InChI is InChI=1S/C25H21N3O3S2/c1-27(2)21-7-3-6-20-19(21)5-4-8-25(20)33(29,30)28-13-14-31-23-11-9-17(15-22(23)28)24-12-10-18(16-26)32-24/h3-12,15H,13-14H2,1-2H3. The van der Waals surface area contributed by atoms with Crippen LogP contribution in [0.25, 0.3) is 21.2 Å². The van der Waals surface area contributed by atoms with Gasteiger partial charge in [0.05, 0.1) is 17.1 Å². The highest BCUT2D eigenvalue weighted by molar-refractivity contribution is 7.93. The van der Waals surface area contributed by atoms with Crippen molar-refractivity contribution in [2.75, 3.05) is 36.5 Å². The van der Waals surface area contributed by atoms with Crippen LogP contribution in [0.1, 0.15) is 4.88 Å². The summed E-state index contributed by atoms with van der Waals surface area (Å²) >= 11 is 1.37. The minimum absolute atomic E-state index is 0.219. The van der Waals surface area contributed by atoms with Crippen LogP contribution in [0.15, 0.2) is 71.6 Å². The smallest absolute Gasteiger partial charge is 0.265 e. The predicted molar refractivity (Wildman–Crippen MR) is 133 cm³/mol. The van der Waals surface area contributed by atoms with Crippen molar-refractivity contribution in [3.63, 3.8) is 0 Å². The van der Waals surface area contributed by atoms with Crippen molar-refractivity contribution >= 4 is 43.5 Å². The van der Waals surface area contributed by atoms with E-state index < -0.39 is 10.0 Å². The Hall–Kier alpha value is -3.54. The largest absolute Gasteiger partial charge is 0.489 e. The zero-order valence-corrected chi connectivity index (χ0v) is 19.8. The maximum absolute atomic E-state index is 14.0. The summed E-state index contributed by atoms with van der Waals surface area (Å²) in [7, 11) is 0.0279. The van der Waals surface area contributed by atoms with Gasteiger partial charge in [-0.3, -0.25) is 4.31 Å². The molecule has 0 atom stereocenters. The molecule has 4 aromatic rings. The van der Waals surface area contributed by atoms with Gasteiger partial charge in [-0.2, -0.15) is 5.26 Å². The highest BCUT2D eigenvalue weighted by Crippen LogP contribution is 2.41. The summed E-state index contributed by atoms with van der Waals surface area (Å²) < 4.78 is 35.1. The van der Waals surface area contributed by atoms with Gasteiger partial charge in [0, 0.05) is 35.4 Å². The van der Waals surface area contributed by atoms with Crippen molar-refractivity contribution < 1.29 is 13.2 Å². The van der Waals surface area contributed by atoms with Gasteiger partial charge in [0.1, 0.15) is 23.3 Å². The van der Waals surface area contributed by atoms with E-state index in [0.29, 0.717) is 21.7 Å². The number of rotatable bonds is 4. The molecular formula is C25H21N3O3S2. The van der Waals surface area contributed by atoms with Crippen LogP contribution in [0.3, 0.4) is 0 Å². The molecule has 0 radical (unpaired) electrons. The van der Waals surface area contributed by atoms with Gasteiger partial charge in [0.15, 0.2) is 0 Å². The fourth-order valence-corrected chi connectivity index (χ4v) is 6.61. The second-order valence-electron chi connectivity index (χ2n) is 7.91. The van der Waals surface area contributed by atoms with E-state index in [0.717, 1.165) is 21.5 Å².